The Kier molecular flexibility index (Phi) is 13.6. The standard InChI is InChI=1S/C33H44N2O5.ClH/c1-6-38-31(36)14-12-24-11-13-28(20-34)30(18-24)39-22-29(40-32(37)15-23(2)3)21-35-33(4,5)19-25-16-26-9-7-8-10-27(26)17-25;/h7-11,13,18,23,25,29,35H,6,12,14-17,19,21-22H2,1-5H3;1H. The molecule has 0 amide bonds. The Morgan fingerprint density at radius 3 is 2.39 bits per heavy atom. The van der Waals surface area contributed by atoms with Crippen LogP contribution < -0.4 is 10.1 Å². The number of hydrogen-bond donors (Lipinski definition) is 1. The summed E-state index contributed by atoms with van der Waals surface area (Å²) in [6.45, 7) is 11.0. The maximum Gasteiger partial charge on any atom is 0.306 e. The molecule has 8 heteroatoms. The maximum atomic E-state index is 12.6. The highest BCUT2D eigenvalue weighted by molar-refractivity contribution is 5.85. The van der Waals surface area contributed by atoms with Crippen LogP contribution in [0.25, 0.3) is 0 Å². The van der Waals surface area contributed by atoms with Gasteiger partial charge < -0.3 is 19.5 Å². The molecule has 0 heterocycles. The maximum absolute atomic E-state index is 12.6. The van der Waals surface area contributed by atoms with Crippen LogP contribution in [0.3, 0.4) is 0 Å². The van der Waals surface area contributed by atoms with Crippen molar-refractivity contribution in [1.82, 2.24) is 5.32 Å². The van der Waals surface area contributed by atoms with Gasteiger partial charge in [-0.1, -0.05) is 44.2 Å². The lowest BCUT2D eigenvalue weighted by atomic mass is 9.88. The first-order valence-corrected chi connectivity index (χ1v) is 14.4. The Morgan fingerprint density at radius 2 is 1.78 bits per heavy atom. The SMILES string of the molecule is CCOC(=O)CCc1ccc(C#N)c(OCC(CNC(C)(C)CC2Cc3ccccc3C2)OC(=O)CC(C)C)c1.Cl. The Bertz CT molecular complexity index is 1170. The van der Waals surface area contributed by atoms with E-state index in [1.807, 2.05) is 19.9 Å². The van der Waals surface area contributed by atoms with Crippen LogP contribution in [-0.2, 0) is 38.3 Å². The molecule has 3 rings (SSSR count). The number of rotatable bonds is 15. The minimum Gasteiger partial charge on any atom is -0.488 e. The molecule has 1 aliphatic carbocycles. The molecule has 1 atom stereocenters. The molecular weight excluding hydrogens is 540 g/mol. The molecule has 0 aliphatic heterocycles. The van der Waals surface area contributed by atoms with Crippen LogP contribution in [0.1, 0.15) is 76.1 Å². The number of ether oxygens (including phenoxy) is 3. The predicted molar refractivity (Wildman–Crippen MR) is 162 cm³/mol. The molecule has 1 N–H and O–H groups in total. The van der Waals surface area contributed by atoms with Crippen molar-refractivity contribution in [3.05, 3.63) is 64.7 Å². The van der Waals surface area contributed by atoms with Crippen molar-refractivity contribution in [1.29, 1.82) is 5.26 Å². The fourth-order valence-electron chi connectivity index (χ4n) is 5.28. The molecule has 224 valence electrons. The largest absolute Gasteiger partial charge is 0.488 e. The fraction of sp³-hybridized carbons (Fsp3) is 0.545. The molecule has 0 aromatic heterocycles. The summed E-state index contributed by atoms with van der Waals surface area (Å²) in [5.41, 5.74) is 3.97. The van der Waals surface area contributed by atoms with Gasteiger partial charge in [-0.25, -0.2) is 0 Å². The average Bonchev–Trinajstić information content (AvgIpc) is 3.30. The van der Waals surface area contributed by atoms with Gasteiger partial charge in [-0.3, -0.25) is 9.59 Å². The van der Waals surface area contributed by atoms with Gasteiger partial charge >= 0.3 is 11.9 Å². The average molecular weight is 585 g/mol. The van der Waals surface area contributed by atoms with Crippen LogP contribution in [0.2, 0.25) is 0 Å². The molecular formula is C33H45ClN2O5. The molecule has 41 heavy (non-hydrogen) atoms. The molecule has 1 aliphatic rings. The summed E-state index contributed by atoms with van der Waals surface area (Å²) in [5.74, 6) is 0.633. The van der Waals surface area contributed by atoms with Crippen LogP contribution in [0, 0.1) is 23.2 Å². The highest BCUT2D eigenvalue weighted by Gasteiger charge is 2.29. The molecule has 0 saturated carbocycles. The lowest BCUT2D eigenvalue weighted by Crippen LogP contribution is -2.47. The number of aryl methyl sites for hydroxylation is 1. The number of halogens is 1. The van der Waals surface area contributed by atoms with Gasteiger partial charge in [-0.2, -0.15) is 5.26 Å². The number of nitriles is 1. The first-order valence-electron chi connectivity index (χ1n) is 14.4. The zero-order chi connectivity index (χ0) is 29.1. The number of esters is 2. The van der Waals surface area contributed by atoms with E-state index in [1.54, 1.807) is 19.1 Å². The highest BCUT2D eigenvalue weighted by atomic mass is 35.5. The number of benzene rings is 2. The number of hydrogen-bond acceptors (Lipinski definition) is 7. The summed E-state index contributed by atoms with van der Waals surface area (Å²) in [4.78, 5) is 24.4. The van der Waals surface area contributed by atoms with Crippen LogP contribution in [0.4, 0.5) is 0 Å². The quantitative estimate of drug-likeness (QED) is 0.257. The number of carbonyl (C=O) groups excluding carboxylic acids is 2. The normalized spacial score (nSPS) is 13.6. The third kappa shape index (κ3) is 11.4. The third-order valence-electron chi connectivity index (χ3n) is 7.13. The van der Waals surface area contributed by atoms with Crippen molar-refractivity contribution < 1.29 is 23.8 Å². The molecule has 0 saturated heterocycles. The Hall–Kier alpha value is -3.08. The minimum atomic E-state index is -0.527. The summed E-state index contributed by atoms with van der Waals surface area (Å²) in [6.07, 6.45) is 3.69. The van der Waals surface area contributed by atoms with E-state index in [0.29, 0.717) is 43.2 Å². The highest BCUT2D eigenvalue weighted by Crippen LogP contribution is 2.32. The first kappa shape index (κ1) is 34.1. The second kappa shape index (κ2) is 16.4. The van der Waals surface area contributed by atoms with E-state index in [4.69, 9.17) is 14.2 Å². The van der Waals surface area contributed by atoms with E-state index >= 15 is 0 Å². The number of nitrogens with one attached hydrogen (secondary N) is 1. The zero-order valence-electron chi connectivity index (χ0n) is 25.0. The fourth-order valence-corrected chi connectivity index (χ4v) is 5.28. The van der Waals surface area contributed by atoms with Gasteiger partial charge in [0.25, 0.3) is 0 Å². The van der Waals surface area contributed by atoms with E-state index in [0.717, 1.165) is 24.8 Å². The van der Waals surface area contributed by atoms with E-state index < -0.39 is 6.10 Å². The molecule has 0 bridgehead atoms. The van der Waals surface area contributed by atoms with Crippen molar-refractivity contribution >= 4 is 24.3 Å². The van der Waals surface area contributed by atoms with Crippen molar-refractivity contribution in [2.75, 3.05) is 19.8 Å². The second-order valence-electron chi connectivity index (χ2n) is 11.8. The van der Waals surface area contributed by atoms with Gasteiger partial charge in [-0.05, 0) is 87.1 Å². The summed E-state index contributed by atoms with van der Waals surface area (Å²) in [5, 5.41) is 13.2. The van der Waals surface area contributed by atoms with Gasteiger partial charge in [0.05, 0.1) is 12.2 Å². The Labute approximate surface area is 251 Å². The molecule has 0 radical (unpaired) electrons. The molecule has 1 unspecified atom stereocenters. The minimum absolute atomic E-state index is 0. The van der Waals surface area contributed by atoms with Gasteiger partial charge in [0.1, 0.15) is 24.5 Å². The van der Waals surface area contributed by atoms with Gasteiger partial charge in [0, 0.05) is 24.9 Å². The number of fused-ring (bicyclic) bond motifs is 1. The lowest BCUT2D eigenvalue weighted by molar-refractivity contribution is -0.151. The van der Waals surface area contributed by atoms with Crippen LogP contribution in [0.15, 0.2) is 42.5 Å². The zero-order valence-corrected chi connectivity index (χ0v) is 25.9. The van der Waals surface area contributed by atoms with Crippen molar-refractivity contribution in [2.45, 2.75) is 84.8 Å². The van der Waals surface area contributed by atoms with E-state index in [-0.39, 0.29) is 48.8 Å². The number of nitrogens with zero attached hydrogens (tertiary/aromatic N) is 1. The molecule has 7 nitrogen and oxygen atoms in total. The monoisotopic (exact) mass is 584 g/mol. The van der Waals surface area contributed by atoms with E-state index in [9.17, 15) is 14.9 Å². The van der Waals surface area contributed by atoms with Crippen molar-refractivity contribution in [3.8, 4) is 11.8 Å². The van der Waals surface area contributed by atoms with Crippen LogP contribution >= 0.6 is 12.4 Å². The second-order valence-corrected chi connectivity index (χ2v) is 11.8. The topological polar surface area (TPSA) is 97.7 Å². The van der Waals surface area contributed by atoms with Gasteiger partial charge in [0.2, 0.25) is 0 Å². The summed E-state index contributed by atoms with van der Waals surface area (Å²) in [6, 6.07) is 16.1. The van der Waals surface area contributed by atoms with Crippen molar-refractivity contribution in [2.24, 2.45) is 11.8 Å². The van der Waals surface area contributed by atoms with Crippen LogP contribution in [-0.4, -0.2) is 43.3 Å². The number of carbonyl (C=O) groups is 2. The molecule has 2 aromatic carbocycles. The Balaban J connectivity index is 0.00000588. The van der Waals surface area contributed by atoms with Gasteiger partial charge in [0.15, 0.2) is 0 Å². The molecule has 0 fully saturated rings. The molecule has 2 aromatic rings. The van der Waals surface area contributed by atoms with Crippen LogP contribution in [0.5, 0.6) is 5.75 Å². The Morgan fingerprint density at radius 1 is 1.10 bits per heavy atom. The summed E-state index contributed by atoms with van der Waals surface area (Å²) >= 11 is 0. The third-order valence-corrected chi connectivity index (χ3v) is 7.13. The molecule has 0 spiro atoms. The summed E-state index contributed by atoms with van der Waals surface area (Å²) in [7, 11) is 0. The summed E-state index contributed by atoms with van der Waals surface area (Å²) < 4.78 is 16.9. The van der Waals surface area contributed by atoms with Crippen molar-refractivity contribution in [3.63, 3.8) is 0 Å². The van der Waals surface area contributed by atoms with E-state index in [1.165, 1.54) is 11.1 Å². The lowest BCUT2D eigenvalue weighted by Gasteiger charge is -2.31. The predicted octanol–water partition coefficient (Wildman–Crippen LogP) is 5.99. The van der Waals surface area contributed by atoms with Gasteiger partial charge in [-0.15, -0.1) is 12.4 Å². The van der Waals surface area contributed by atoms with E-state index in [2.05, 4.69) is 49.5 Å². The smallest absolute Gasteiger partial charge is 0.306 e. The first-order chi connectivity index (χ1) is 19.1.